The van der Waals surface area contributed by atoms with Crippen LogP contribution in [0.4, 0.5) is 5.13 Å². The molecule has 0 saturated carbocycles. The Morgan fingerprint density at radius 3 is 2.46 bits per heavy atom. The van der Waals surface area contributed by atoms with E-state index < -0.39 is 21.0 Å². The Morgan fingerprint density at radius 1 is 1.25 bits per heavy atom. The predicted octanol–water partition coefficient (Wildman–Crippen LogP) is 3.09. The van der Waals surface area contributed by atoms with E-state index in [0.29, 0.717) is 15.7 Å². The number of thiazole rings is 1. The topological polar surface area (TPSA) is 93.2 Å². The Balaban J connectivity index is 2.28. The minimum absolute atomic E-state index is 0.102. The molecule has 0 bridgehead atoms. The van der Waals surface area contributed by atoms with E-state index in [1.54, 1.807) is 20.8 Å². The number of sulfone groups is 1. The molecule has 24 heavy (non-hydrogen) atoms. The van der Waals surface area contributed by atoms with Crippen molar-refractivity contribution in [3.05, 3.63) is 40.4 Å². The lowest BCUT2D eigenvalue weighted by Crippen LogP contribution is -2.16. The molecule has 0 saturated heterocycles. The third-order valence-electron chi connectivity index (χ3n) is 3.38. The number of nitrogens with zero attached hydrogens (tertiary/aromatic N) is 1. The molecule has 0 aliphatic rings. The normalized spacial score (nSPS) is 11.5. The van der Waals surface area contributed by atoms with E-state index >= 15 is 0 Å². The standard InChI is InChI=1S/C16H18N2O4S2/c1-9(2)24(21,22)13-7-5-6-12(8-13)15(20)18-16-17-10(3)14(23-16)11(4)19/h5-9H,1-4H3,(H,17,18,20). The summed E-state index contributed by atoms with van der Waals surface area (Å²) in [5, 5.41) is 2.34. The van der Waals surface area contributed by atoms with Crippen LogP contribution >= 0.6 is 11.3 Å². The lowest BCUT2D eigenvalue weighted by atomic mass is 10.2. The Hall–Kier alpha value is -2.06. The van der Waals surface area contributed by atoms with Gasteiger partial charge in [0.1, 0.15) is 0 Å². The van der Waals surface area contributed by atoms with Crippen LogP contribution in [0.5, 0.6) is 0 Å². The first kappa shape index (κ1) is 18.3. The van der Waals surface area contributed by atoms with Gasteiger partial charge in [0.15, 0.2) is 20.8 Å². The van der Waals surface area contributed by atoms with Crippen molar-refractivity contribution in [2.45, 2.75) is 37.8 Å². The number of aryl methyl sites for hydroxylation is 1. The number of Topliss-reactive ketones (excluding diaryl/α,β-unsaturated/α-hetero) is 1. The number of nitrogens with one attached hydrogen (secondary N) is 1. The quantitative estimate of drug-likeness (QED) is 0.821. The minimum atomic E-state index is -3.46. The maximum atomic E-state index is 12.3. The van der Waals surface area contributed by atoms with Gasteiger partial charge in [0.25, 0.3) is 5.91 Å². The van der Waals surface area contributed by atoms with Crippen molar-refractivity contribution in [3.8, 4) is 0 Å². The maximum Gasteiger partial charge on any atom is 0.257 e. The van der Waals surface area contributed by atoms with Gasteiger partial charge in [-0.05, 0) is 39.0 Å². The number of rotatable bonds is 5. The van der Waals surface area contributed by atoms with Crippen molar-refractivity contribution in [1.82, 2.24) is 4.98 Å². The molecule has 1 N–H and O–H groups in total. The summed E-state index contributed by atoms with van der Waals surface area (Å²) >= 11 is 1.09. The molecule has 0 atom stereocenters. The molecule has 1 aromatic carbocycles. The highest BCUT2D eigenvalue weighted by atomic mass is 32.2. The third-order valence-corrected chi connectivity index (χ3v) is 6.71. The lowest BCUT2D eigenvalue weighted by molar-refractivity contribution is 0.101. The van der Waals surface area contributed by atoms with Crippen molar-refractivity contribution < 1.29 is 18.0 Å². The summed E-state index contributed by atoms with van der Waals surface area (Å²) in [6.07, 6.45) is 0. The van der Waals surface area contributed by atoms with Gasteiger partial charge < -0.3 is 0 Å². The molecule has 2 aromatic rings. The van der Waals surface area contributed by atoms with E-state index in [1.807, 2.05) is 0 Å². The fourth-order valence-electron chi connectivity index (χ4n) is 2.03. The van der Waals surface area contributed by atoms with Crippen LogP contribution < -0.4 is 5.32 Å². The van der Waals surface area contributed by atoms with Crippen LogP contribution in [0.15, 0.2) is 29.2 Å². The van der Waals surface area contributed by atoms with E-state index in [9.17, 15) is 18.0 Å². The van der Waals surface area contributed by atoms with Gasteiger partial charge >= 0.3 is 0 Å². The highest BCUT2D eigenvalue weighted by molar-refractivity contribution is 7.92. The molecule has 0 aliphatic heterocycles. The molecule has 1 aromatic heterocycles. The Bertz CT molecular complexity index is 899. The molecular formula is C16H18N2O4S2. The molecule has 1 amide bonds. The average Bonchev–Trinajstić information content (AvgIpc) is 2.88. The fraction of sp³-hybridized carbons (Fsp3) is 0.312. The first-order valence-electron chi connectivity index (χ1n) is 7.26. The summed E-state index contributed by atoms with van der Waals surface area (Å²) in [5.41, 5.74) is 0.771. The average molecular weight is 366 g/mol. The highest BCUT2D eigenvalue weighted by Gasteiger charge is 2.21. The van der Waals surface area contributed by atoms with Crippen molar-refractivity contribution in [2.75, 3.05) is 5.32 Å². The number of carbonyl (C=O) groups is 2. The third kappa shape index (κ3) is 3.70. The van der Waals surface area contributed by atoms with Gasteiger partial charge in [-0.25, -0.2) is 13.4 Å². The molecule has 8 heteroatoms. The molecular weight excluding hydrogens is 348 g/mol. The fourth-order valence-corrected chi connectivity index (χ4v) is 3.99. The number of hydrogen-bond donors (Lipinski definition) is 1. The SMILES string of the molecule is CC(=O)c1sc(NC(=O)c2cccc(S(=O)(=O)C(C)C)c2)nc1C. The second kappa shape index (κ2) is 6.82. The zero-order chi connectivity index (χ0) is 18.1. The number of anilines is 1. The predicted molar refractivity (Wildman–Crippen MR) is 93.6 cm³/mol. The summed E-state index contributed by atoms with van der Waals surface area (Å²) in [4.78, 5) is 28.5. The van der Waals surface area contributed by atoms with Crippen molar-refractivity contribution >= 4 is 38.0 Å². The van der Waals surface area contributed by atoms with Crippen LogP contribution in [0.1, 0.15) is 46.5 Å². The van der Waals surface area contributed by atoms with Crippen LogP contribution in [0.3, 0.4) is 0 Å². The summed E-state index contributed by atoms with van der Waals surface area (Å²) in [6, 6.07) is 5.86. The smallest absolute Gasteiger partial charge is 0.257 e. The summed E-state index contributed by atoms with van der Waals surface area (Å²) in [6.45, 7) is 6.30. The van der Waals surface area contributed by atoms with Crippen molar-refractivity contribution in [2.24, 2.45) is 0 Å². The molecule has 1 heterocycles. The highest BCUT2D eigenvalue weighted by Crippen LogP contribution is 2.24. The largest absolute Gasteiger partial charge is 0.298 e. The number of aromatic nitrogens is 1. The molecule has 2 rings (SSSR count). The minimum Gasteiger partial charge on any atom is -0.298 e. The number of carbonyl (C=O) groups excluding carboxylic acids is 2. The molecule has 0 aliphatic carbocycles. The number of benzene rings is 1. The van der Waals surface area contributed by atoms with Gasteiger partial charge in [-0.2, -0.15) is 0 Å². The Kier molecular flexibility index (Phi) is 5.19. The second-order valence-electron chi connectivity index (χ2n) is 5.57. The number of amides is 1. The van der Waals surface area contributed by atoms with Gasteiger partial charge in [0, 0.05) is 12.5 Å². The van der Waals surface area contributed by atoms with Crippen LogP contribution in [-0.4, -0.2) is 30.3 Å². The van der Waals surface area contributed by atoms with Gasteiger partial charge in [-0.3, -0.25) is 14.9 Å². The van der Waals surface area contributed by atoms with Gasteiger partial charge in [-0.1, -0.05) is 17.4 Å². The summed E-state index contributed by atoms with van der Waals surface area (Å²) < 4.78 is 24.4. The van der Waals surface area contributed by atoms with Crippen LogP contribution in [0.25, 0.3) is 0 Å². The number of ketones is 1. The lowest BCUT2D eigenvalue weighted by Gasteiger charge is -2.09. The van der Waals surface area contributed by atoms with Crippen LogP contribution in [0, 0.1) is 6.92 Å². The van der Waals surface area contributed by atoms with E-state index in [2.05, 4.69) is 10.3 Å². The van der Waals surface area contributed by atoms with E-state index in [-0.39, 0.29) is 16.2 Å². The first-order valence-corrected chi connectivity index (χ1v) is 9.63. The zero-order valence-electron chi connectivity index (χ0n) is 13.8. The van der Waals surface area contributed by atoms with Crippen LogP contribution in [0.2, 0.25) is 0 Å². The molecule has 6 nitrogen and oxygen atoms in total. The first-order chi connectivity index (χ1) is 11.1. The van der Waals surface area contributed by atoms with E-state index in [4.69, 9.17) is 0 Å². The number of hydrogen-bond acceptors (Lipinski definition) is 6. The summed E-state index contributed by atoms with van der Waals surface area (Å²) in [5.74, 6) is -0.588. The molecule has 128 valence electrons. The van der Waals surface area contributed by atoms with Gasteiger partial charge in [0.05, 0.1) is 20.7 Å². The Labute approximate surface area is 144 Å². The van der Waals surface area contributed by atoms with Crippen molar-refractivity contribution in [1.29, 1.82) is 0 Å². The molecule has 0 radical (unpaired) electrons. The van der Waals surface area contributed by atoms with E-state index in [0.717, 1.165) is 11.3 Å². The van der Waals surface area contributed by atoms with E-state index in [1.165, 1.54) is 31.2 Å². The molecule has 0 fully saturated rings. The molecule has 0 unspecified atom stereocenters. The monoisotopic (exact) mass is 366 g/mol. The Morgan fingerprint density at radius 2 is 1.92 bits per heavy atom. The maximum absolute atomic E-state index is 12.3. The zero-order valence-corrected chi connectivity index (χ0v) is 15.4. The van der Waals surface area contributed by atoms with Crippen molar-refractivity contribution in [3.63, 3.8) is 0 Å². The van der Waals surface area contributed by atoms with Gasteiger partial charge in [0.2, 0.25) is 0 Å². The second-order valence-corrected chi connectivity index (χ2v) is 9.07. The molecule has 0 spiro atoms. The van der Waals surface area contributed by atoms with Gasteiger partial charge in [-0.15, -0.1) is 0 Å². The summed E-state index contributed by atoms with van der Waals surface area (Å²) in [7, 11) is -3.46. The van der Waals surface area contributed by atoms with Crippen LogP contribution in [-0.2, 0) is 9.84 Å².